The summed E-state index contributed by atoms with van der Waals surface area (Å²) in [6.45, 7) is 10.6. The van der Waals surface area contributed by atoms with Crippen molar-refractivity contribution in [3.63, 3.8) is 0 Å². The maximum Gasteiger partial charge on any atom is 0.323 e. The van der Waals surface area contributed by atoms with E-state index in [1.54, 1.807) is 0 Å². The largest absolute Gasteiger partial charge is 0.464 e. The molecule has 1 fully saturated rings. The molecule has 0 aliphatic carbocycles. The van der Waals surface area contributed by atoms with E-state index in [2.05, 4.69) is 44.0 Å². The fourth-order valence-electron chi connectivity index (χ4n) is 2.18. The molecule has 0 unspecified atom stereocenters. The minimum Gasteiger partial charge on any atom is -0.464 e. The van der Waals surface area contributed by atoms with Gasteiger partial charge in [-0.2, -0.15) is 15.0 Å². The Morgan fingerprint density at radius 2 is 1.90 bits per heavy atom. The Morgan fingerprint density at radius 1 is 1.20 bits per heavy atom. The third-order valence-corrected chi connectivity index (χ3v) is 3.33. The van der Waals surface area contributed by atoms with Crippen molar-refractivity contribution in [2.75, 3.05) is 43.1 Å². The van der Waals surface area contributed by atoms with Gasteiger partial charge < -0.3 is 9.64 Å². The monoisotopic (exact) mass is 281 g/mol. The zero-order chi connectivity index (χ0) is 14.5. The van der Waals surface area contributed by atoms with E-state index in [0.717, 1.165) is 26.2 Å². The number of hydrazine groups is 1. The molecule has 3 N–H and O–H groups in total. The number of ether oxygens (including phenoxy) is 1. The molecule has 0 amide bonds. The summed E-state index contributed by atoms with van der Waals surface area (Å²) in [6, 6.07) is 0.868. The number of nitrogen functional groups attached to an aromatic ring is 1. The summed E-state index contributed by atoms with van der Waals surface area (Å²) in [7, 11) is 0. The molecule has 0 aromatic carbocycles. The first kappa shape index (κ1) is 14.7. The second kappa shape index (κ2) is 6.67. The van der Waals surface area contributed by atoms with Crippen LogP contribution in [0.15, 0.2) is 0 Å². The standard InChI is InChI=1S/C12H23N7O/c1-4-20-12-15-10(17-13)14-11(16-12)19-7-5-18(6-8-19)9(2)3/h9H,4-8,13H2,1-3H3,(H,14,15,16,17). The van der Waals surface area contributed by atoms with E-state index in [1.807, 2.05) is 6.92 Å². The van der Waals surface area contributed by atoms with Crippen molar-refractivity contribution < 1.29 is 4.74 Å². The van der Waals surface area contributed by atoms with E-state index < -0.39 is 0 Å². The molecule has 0 radical (unpaired) electrons. The highest BCUT2D eigenvalue weighted by atomic mass is 16.5. The van der Waals surface area contributed by atoms with Gasteiger partial charge in [-0.3, -0.25) is 10.3 Å². The summed E-state index contributed by atoms with van der Waals surface area (Å²) in [5.41, 5.74) is 2.45. The first-order chi connectivity index (χ1) is 9.63. The Bertz CT molecular complexity index is 432. The zero-order valence-corrected chi connectivity index (χ0v) is 12.3. The van der Waals surface area contributed by atoms with E-state index in [-0.39, 0.29) is 0 Å². The SMILES string of the molecule is CCOc1nc(NN)nc(N2CCN(C(C)C)CC2)n1. The van der Waals surface area contributed by atoms with Gasteiger partial charge in [-0.15, -0.1) is 0 Å². The Morgan fingerprint density at radius 3 is 2.45 bits per heavy atom. The highest BCUT2D eigenvalue weighted by Gasteiger charge is 2.21. The summed E-state index contributed by atoms with van der Waals surface area (Å²) in [5, 5.41) is 0. The van der Waals surface area contributed by atoms with Crippen molar-refractivity contribution in [3.8, 4) is 6.01 Å². The van der Waals surface area contributed by atoms with Crippen molar-refractivity contribution in [1.82, 2.24) is 19.9 Å². The molecule has 1 aromatic heterocycles. The van der Waals surface area contributed by atoms with Gasteiger partial charge >= 0.3 is 6.01 Å². The molecule has 112 valence electrons. The molecule has 20 heavy (non-hydrogen) atoms. The Balaban J connectivity index is 2.10. The van der Waals surface area contributed by atoms with Gasteiger partial charge in [0.2, 0.25) is 11.9 Å². The predicted octanol–water partition coefficient (Wildman–Crippen LogP) is 0.0863. The van der Waals surface area contributed by atoms with E-state index in [4.69, 9.17) is 10.6 Å². The predicted molar refractivity (Wildman–Crippen MR) is 77.7 cm³/mol. The van der Waals surface area contributed by atoms with Gasteiger partial charge in [-0.25, -0.2) is 5.84 Å². The molecule has 1 aliphatic rings. The highest BCUT2D eigenvalue weighted by Crippen LogP contribution is 2.17. The minimum absolute atomic E-state index is 0.303. The molecule has 8 nitrogen and oxygen atoms in total. The number of aromatic nitrogens is 3. The van der Waals surface area contributed by atoms with Crippen LogP contribution in [-0.4, -0.2) is 58.7 Å². The van der Waals surface area contributed by atoms with Crippen LogP contribution in [0.4, 0.5) is 11.9 Å². The van der Waals surface area contributed by atoms with Crippen LogP contribution in [0.5, 0.6) is 6.01 Å². The number of anilines is 2. The normalized spacial score (nSPS) is 16.6. The molecular formula is C12H23N7O. The molecule has 2 rings (SSSR count). The van der Waals surface area contributed by atoms with Crippen LogP contribution in [0, 0.1) is 0 Å². The lowest BCUT2D eigenvalue weighted by molar-refractivity contribution is 0.208. The van der Waals surface area contributed by atoms with Crippen molar-refractivity contribution in [3.05, 3.63) is 0 Å². The minimum atomic E-state index is 0.303. The topological polar surface area (TPSA) is 92.4 Å². The van der Waals surface area contributed by atoms with Crippen LogP contribution in [0.1, 0.15) is 20.8 Å². The third kappa shape index (κ3) is 3.45. The first-order valence-electron chi connectivity index (χ1n) is 6.98. The van der Waals surface area contributed by atoms with E-state index >= 15 is 0 Å². The fourth-order valence-corrected chi connectivity index (χ4v) is 2.18. The number of nitrogens with zero attached hydrogens (tertiary/aromatic N) is 5. The van der Waals surface area contributed by atoms with Crippen LogP contribution in [0.2, 0.25) is 0 Å². The second-order valence-electron chi connectivity index (χ2n) is 4.94. The van der Waals surface area contributed by atoms with Crippen LogP contribution < -0.4 is 20.9 Å². The lowest BCUT2D eigenvalue weighted by Crippen LogP contribution is -2.49. The summed E-state index contributed by atoms with van der Waals surface area (Å²) in [5.74, 6) is 6.32. The van der Waals surface area contributed by atoms with Crippen LogP contribution in [0.25, 0.3) is 0 Å². The number of piperazine rings is 1. The van der Waals surface area contributed by atoms with Gasteiger partial charge in [0, 0.05) is 32.2 Å². The number of hydrogen-bond donors (Lipinski definition) is 2. The molecule has 1 saturated heterocycles. The number of rotatable bonds is 5. The van der Waals surface area contributed by atoms with Gasteiger partial charge in [0.25, 0.3) is 0 Å². The lowest BCUT2D eigenvalue weighted by atomic mass is 10.2. The van der Waals surface area contributed by atoms with Gasteiger partial charge in [-0.1, -0.05) is 0 Å². The third-order valence-electron chi connectivity index (χ3n) is 3.33. The average Bonchev–Trinajstić information content (AvgIpc) is 2.47. The summed E-state index contributed by atoms with van der Waals surface area (Å²) in [4.78, 5) is 17.3. The maximum atomic E-state index is 5.39. The quantitative estimate of drug-likeness (QED) is 0.579. The Hall–Kier alpha value is -1.67. The van der Waals surface area contributed by atoms with Crippen LogP contribution in [0.3, 0.4) is 0 Å². The molecule has 2 heterocycles. The van der Waals surface area contributed by atoms with Crippen molar-refractivity contribution >= 4 is 11.9 Å². The van der Waals surface area contributed by atoms with E-state index in [1.165, 1.54) is 0 Å². The van der Waals surface area contributed by atoms with Crippen LogP contribution >= 0.6 is 0 Å². The molecule has 0 atom stereocenters. The van der Waals surface area contributed by atoms with E-state index in [9.17, 15) is 0 Å². The number of hydrogen-bond acceptors (Lipinski definition) is 8. The van der Waals surface area contributed by atoms with Crippen LogP contribution in [-0.2, 0) is 0 Å². The van der Waals surface area contributed by atoms with Gasteiger partial charge in [0.1, 0.15) is 0 Å². The zero-order valence-electron chi connectivity index (χ0n) is 12.3. The second-order valence-corrected chi connectivity index (χ2v) is 4.94. The highest BCUT2D eigenvalue weighted by molar-refractivity contribution is 5.38. The van der Waals surface area contributed by atoms with Gasteiger partial charge in [0.05, 0.1) is 6.61 Å². The summed E-state index contributed by atoms with van der Waals surface area (Å²) >= 11 is 0. The molecule has 8 heteroatoms. The smallest absolute Gasteiger partial charge is 0.323 e. The molecule has 1 aromatic rings. The van der Waals surface area contributed by atoms with Crippen molar-refractivity contribution in [2.24, 2.45) is 5.84 Å². The maximum absolute atomic E-state index is 5.39. The molecule has 0 bridgehead atoms. The molecule has 1 aliphatic heterocycles. The fraction of sp³-hybridized carbons (Fsp3) is 0.750. The molecule has 0 spiro atoms. The summed E-state index contributed by atoms with van der Waals surface area (Å²) < 4.78 is 5.34. The number of nitrogens with two attached hydrogens (primary N) is 1. The van der Waals surface area contributed by atoms with Gasteiger partial charge in [0.15, 0.2) is 0 Å². The average molecular weight is 281 g/mol. The Labute approximate surface area is 119 Å². The summed E-state index contributed by atoms with van der Waals surface area (Å²) in [6.07, 6.45) is 0. The molecular weight excluding hydrogens is 258 g/mol. The van der Waals surface area contributed by atoms with Crippen molar-refractivity contribution in [2.45, 2.75) is 26.8 Å². The van der Waals surface area contributed by atoms with Gasteiger partial charge in [-0.05, 0) is 20.8 Å². The first-order valence-corrected chi connectivity index (χ1v) is 6.98. The number of nitrogens with one attached hydrogen (secondary N) is 1. The van der Waals surface area contributed by atoms with E-state index in [0.29, 0.717) is 30.6 Å². The molecule has 0 saturated carbocycles. The lowest BCUT2D eigenvalue weighted by Gasteiger charge is -2.36. The van der Waals surface area contributed by atoms with Crippen molar-refractivity contribution in [1.29, 1.82) is 0 Å². The Kier molecular flexibility index (Phi) is 4.91.